The van der Waals surface area contributed by atoms with Gasteiger partial charge in [0.25, 0.3) is 0 Å². The molecule has 1 unspecified atom stereocenters. The van der Waals surface area contributed by atoms with E-state index in [1.54, 1.807) is 18.2 Å². The van der Waals surface area contributed by atoms with Crippen molar-refractivity contribution >= 4 is 15.9 Å². The summed E-state index contributed by atoms with van der Waals surface area (Å²) in [6, 6.07) is 6.25. The van der Waals surface area contributed by atoms with Gasteiger partial charge < -0.3 is 15.4 Å². The number of amides is 1. The van der Waals surface area contributed by atoms with Gasteiger partial charge >= 0.3 is 0 Å². The van der Waals surface area contributed by atoms with E-state index in [0.29, 0.717) is 25.3 Å². The average molecular weight is 359 g/mol. The predicted molar refractivity (Wildman–Crippen MR) is 87.3 cm³/mol. The molecule has 7 nitrogen and oxygen atoms in total. The summed E-state index contributed by atoms with van der Waals surface area (Å²) in [5.41, 5.74) is 0.422. The Morgan fingerprint density at radius 2 is 2.17 bits per heavy atom. The number of hydrogen-bond donors (Lipinski definition) is 2. The molecule has 1 heterocycles. The summed E-state index contributed by atoms with van der Waals surface area (Å²) in [6.07, 6.45) is 0.867. The van der Waals surface area contributed by atoms with Gasteiger partial charge in [-0.05, 0) is 6.07 Å². The molecular formula is C15H22FN3O4S. The zero-order chi connectivity index (χ0) is 17.6. The lowest BCUT2D eigenvalue weighted by atomic mass is 10.2. The van der Waals surface area contributed by atoms with Gasteiger partial charge in [0, 0.05) is 31.7 Å². The second-order valence-corrected chi connectivity index (χ2v) is 7.60. The molecule has 2 N–H and O–H groups in total. The number of halogens is 1. The van der Waals surface area contributed by atoms with Crippen LogP contribution in [0.5, 0.6) is 0 Å². The van der Waals surface area contributed by atoms with Crippen molar-refractivity contribution in [2.24, 2.45) is 0 Å². The zero-order valence-corrected chi connectivity index (χ0v) is 14.3. The van der Waals surface area contributed by atoms with Gasteiger partial charge in [0.2, 0.25) is 15.9 Å². The number of sulfonamides is 1. The quantitative estimate of drug-likeness (QED) is 0.697. The molecule has 134 valence electrons. The van der Waals surface area contributed by atoms with Gasteiger partial charge in [0.1, 0.15) is 5.82 Å². The molecule has 1 aromatic rings. The average Bonchev–Trinajstić information content (AvgIpc) is 2.54. The molecule has 1 fully saturated rings. The Bertz CT molecular complexity index is 668. The summed E-state index contributed by atoms with van der Waals surface area (Å²) in [4.78, 5) is 11.7. The molecule has 0 aromatic heterocycles. The molecular weight excluding hydrogens is 337 g/mol. The van der Waals surface area contributed by atoms with Gasteiger partial charge in [0.05, 0.1) is 25.5 Å². The van der Waals surface area contributed by atoms with Crippen molar-refractivity contribution in [3.63, 3.8) is 0 Å². The molecule has 1 aliphatic heterocycles. The third kappa shape index (κ3) is 5.82. The second-order valence-electron chi connectivity index (χ2n) is 5.61. The van der Waals surface area contributed by atoms with E-state index >= 15 is 0 Å². The van der Waals surface area contributed by atoms with Crippen LogP contribution in [0.1, 0.15) is 5.56 Å². The summed E-state index contributed by atoms with van der Waals surface area (Å²) >= 11 is 0. The van der Waals surface area contributed by atoms with E-state index in [2.05, 4.69) is 10.6 Å². The van der Waals surface area contributed by atoms with E-state index in [-0.39, 0.29) is 37.5 Å². The standard InChI is InChI=1S/C15H22FN3O4S/c1-24(21,22)19-6-7-23-13(11-19)9-17-10-15(20)18-8-12-4-2-3-5-14(12)16/h2-5,13,17H,6-11H2,1H3,(H,18,20). The fourth-order valence-corrected chi connectivity index (χ4v) is 3.20. The minimum Gasteiger partial charge on any atom is -0.374 e. The number of nitrogens with one attached hydrogen (secondary N) is 2. The largest absolute Gasteiger partial charge is 0.374 e. The van der Waals surface area contributed by atoms with Crippen molar-refractivity contribution in [3.05, 3.63) is 35.6 Å². The Hall–Kier alpha value is -1.55. The maximum atomic E-state index is 13.4. The van der Waals surface area contributed by atoms with Crippen molar-refractivity contribution in [1.29, 1.82) is 0 Å². The van der Waals surface area contributed by atoms with Crippen LogP contribution in [0.3, 0.4) is 0 Å². The molecule has 1 atom stereocenters. The molecule has 0 spiro atoms. The van der Waals surface area contributed by atoms with Gasteiger partial charge in [-0.2, -0.15) is 4.31 Å². The number of carbonyl (C=O) groups is 1. The van der Waals surface area contributed by atoms with E-state index in [1.165, 1.54) is 16.6 Å². The third-order valence-electron chi connectivity index (χ3n) is 3.66. The molecule has 1 aromatic carbocycles. The highest BCUT2D eigenvalue weighted by molar-refractivity contribution is 7.88. The van der Waals surface area contributed by atoms with Gasteiger partial charge in [-0.3, -0.25) is 4.79 Å². The maximum absolute atomic E-state index is 13.4. The first-order valence-corrected chi connectivity index (χ1v) is 9.48. The summed E-state index contributed by atoms with van der Waals surface area (Å²) in [5.74, 6) is -0.628. The highest BCUT2D eigenvalue weighted by atomic mass is 32.2. The fraction of sp³-hybridized carbons (Fsp3) is 0.533. The first kappa shape index (κ1) is 18.8. The third-order valence-corrected chi connectivity index (χ3v) is 4.93. The fourth-order valence-electron chi connectivity index (χ4n) is 2.36. The van der Waals surface area contributed by atoms with Crippen LogP contribution in [0.25, 0.3) is 0 Å². The van der Waals surface area contributed by atoms with Gasteiger partial charge in [0.15, 0.2) is 0 Å². The highest BCUT2D eigenvalue weighted by Crippen LogP contribution is 2.08. The molecule has 1 amide bonds. The molecule has 1 aliphatic rings. The Morgan fingerprint density at radius 3 is 2.88 bits per heavy atom. The van der Waals surface area contributed by atoms with Gasteiger partial charge in [-0.1, -0.05) is 18.2 Å². The molecule has 0 radical (unpaired) electrons. The molecule has 0 saturated carbocycles. The molecule has 24 heavy (non-hydrogen) atoms. The number of nitrogens with zero attached hydrogens (tertiary/aromatic N) is 1. The smallest absolute Gasteiger partial charge is 0.234 e. The van der Waals surface area contributed by atoms with E-state index in [1.807, 2.05) is 0 Å². The topological polar surface area (TPSA) is 87.7 Å². The van der Waals surface area contributed by atoms with Crippen molar-refractivity contribution in [2.75, 3.05) is 39.0 Å². The van der Waals surface area contributed by atoms with Crippen LogP contribution in [0, 0.1) is 5.82 Å². The van der Waals surface area contributed by atoms with Gasteiger partial charge in [-0.25, -0.2) is 12.8 Å². The Balaban J connectivity index is 1.68. The molecule has 0 aliphatic carbocycles. The number of ether oxygens (including phenoxy) is 1. The predicted octanol–water partition coefficient (Wildman–Crippen LogP) is -0.308. The lowest BCUT2D eigenvalue weighted by Gasteiger charge is -2.31. The minimum absolute atomic E-state index is 0.0488. The number of benzene rings is 1. The Morgan fingerprint density at radius 1 is 1.42 bits per heavy atom. The molecule has 9 heteroatoms. The van der Waals surface area contributed by atoms with Crippen LogP contribution in [0.15, 0.2) is 24.3 Å². The summed E-state index contributed by atoms with van der Waals surface area (Å²) in [5, 5.41) is 5.55. The van der Waals surface area contributed by atoms with E-state index in [0.717, 1.165) is 0 Å². The van der Waals surface area contributed by atoms with Crippen LogP contribution in [0.2, 0.25) is 0 Å². The number of rotatable bonds is 7. The van der Waals surface area contributed by atoms with E-state index in [4.69, 9.17) is 4.74 Å². The van der Waals surface area contributed by atoms with E-state index < -0.39 is 10.0 Å². The zero-order valence-electron chi connectivity index (χ0n) is 13.5. The van der Waals surface area contributed by atoms with Crippen molar-refractivity contribution in [3.8, 4) is 0 Å². The maximum Gasteiger partial charge on any atom is 0.234 e. The van der Waals surface area contributed by atoms with Crippen LogP contribution < -0.4 is 10.6 Å². The Labute approximate surface area is 141 Å². The Kier molecular flexibility index (Phi) is 6.67. The number of carbonyl (C=O) groups excluding carboxylic acids is 1. The van der Waals surface area contributed by atoms with Crippen LogP contribution in [0.4, 0.5) is 4.39 Å². The summed E-state index contributed by atoms with van der Waals surface area (Å²) < 4.78 is 43.3. The number of hydrogen-bond acceptors (Lipinski definition) is 5. The minimum atomic E-state index is -3.23. The lowest BCUT2D eigenvalue weighted by molar-refractivity contribution is -0.120. The van der Waals surface area contributed by atoms with Crippen molar-refractivity contribution < 1.29 is 22.3 Å². The van der Waals surface area contributed by atoms with Crippen LogP contribution >= 0.6 is 0 Å². The first-order chi connectivity index (χ1) is 11.4. The molecule has 1 saturated heterocycles. The molecule has 2 rings (SSSR count). The number of morpholine rings is 1. The first-order valence-electron chi connectivity index (χ1n) is 7.64. The summed E-state index contributed by atoms with van der Waals surface area (Å²) in [6.45, 7) is 1.47. The SMILES string of the molecule is CS(=O)(=O)N1CCOC(CNCC(=O)NCc2ccccc2F)C1. The normalized spacial score (nSPS) is 19.2. The van der Waals surface area contributed by atoms with Crippen molar-refractivity contribution in [1.82, 2.24) is 14.9 Å². The monoisotopic (exact) mass is 359 g/mol. The molecule has 0 bridgehead atoms. The summed E-state index contributed by atoms with van der Waals surface area (Å²) in [7, 11) is -3.23. The van der Waals surface area contributed by atoms with E-state index in [9.17, 15) is 17.6 Å². The highest BCUT2D eigenvalue weighted by Gasteiger charge is 2.26. The second kappa shape index (κ2) is 8.52. The lowest BCUT2D eigenvalue weighted by Crippen LogP contribution is -2.49. The van der Waals surface area contributed by atoms with Gasteiger partial charge in [-0.15, -0.1) is 0 Å². The van der Waals surface area contributed by atoms with Crippen LogP contribution in [-0.2, 0) is 26.1 Å². The van der Waals surface area contributed by atoms with Crippen molar-refractivity contribution in [2.45, 2.75) is 12.6 Å². The van der Waals surface area contributed by atoms with Crippen LogP contribution in [-0.4, -0.2) is 63.8 Å².